The summed E-state index contributed by atoms with van der Waals surface area (Å²) in [5, 5.41) is 5.46. The quantitative estimate of drug-likeness (QED) is 0.420. The summed E-state index contributed by atoms with van der Waals surface area (Å²) in [6.07, 6.45) is 0.856. The van der Waals surface area contributed by atoms with Crippen molar-refractivity contribution in [1.29, 1.82) is 0 Å². The van der Waals surface area contributed by atoms with Crippen molar-refractivity contribution in [3.05, 3.63) is 41.0 Å². The van der Waals surface area contributed by atoms with Crippen LogP contribution in [0.4, 0.5) is 0 Å². The van der Waals surface area contributed by atoms with E-state index in [0.29, 0.717) is 13.0 Å². The summed E-state index contributed by atoms with van der Waals surface area (Å²) in [7, 11) is -1.45. The fourth-order valence-corrected chi connectivity index (χ4v) is 6.04. The van der Waals surface area contributed by atoms with E-state index < -0.39 is 25.6 Å². The molecule has 1 aromatic carbocycles. The maximum atomic E-state index is 13.1. The number of rotatable bonds is 7. The number of hydrogen-bond acceptors (Lipinski definition) is 6. The molecule has 3 unspecified atom stereocenters. The van der Waals surface area contributed by atoms with Crippen LogP contribution < -0.4 is 10.6 Å². The topological polar surface area (TPSA) is 112 Å². The van der Waals surface area contributed by atoms with Crippen molar-refractivity contribution in [1.82, 2.24) is 20.5 Å². The summed E-state index contributed by atoms with van der Waals surface area (Å²) in [5.41, 5.74) is 4.28. The number of nitrogens with zero attached hydrogens (tertiary/aromatic N) is 2. The maximum absolute atomic E-state index is 13.1. The molecule has 1 aliphatic rings. The molecule has 8 nitrogen and oxygen atoms in total. The molecule has 3 atom stereocenters. The molecule has 172 valence electrons. The fraction of sp³-hybridized carbons (Fsp3) is 0.455. The zero-order valence-electron chi connectivity index (χ0n) is 18.7. The Kier molecular flexibility index (Phi) is 7.64. The lowest BCUT2D eigenvalue weighted by Gasteiger charge is -2.34. The molecule has 2 aromatic rings. The van der Waals surface area contributed by atoms with Gasteiger partial charge < -0.3 is 20.4 Å². The number of nitrogens with one attached hydrogen (secondary N) is 2. The van der Waals surface area contributed by atoms with Crippen molar-refractivity contribution >= 4 is 37.7 Å². The van der Waals surface area contributed by atoms with Crippen LogP contribution in [0.2, 0.25) is 0 Å². The second-order valence-corrected chi connectivity index (χ2v) is 11.4. The third-order valence-electron chi connectivity index (χ3n) is 5.44. The molecule has 0 spiro atoms. The van der Waals surface area contributed by atoms with Gasteiger partial charge in [0.15, 0.2) is 0 Å². The molecule has 1 fully saturated rings. The highest BCUT2D eigenvalue weighted by Crippen LogP contribution is 2.41. The Morgan fingerprint density at radius 1 is 1.34 bits per heavy atom. The number of benzene rings is 1. The normalized spacial score (nSPS) is 19.5. The number of thiazole rings is 1. The molecular weight excluding hydrogens is 447 g/mol. The number of aromatic nitrogens is 1. The Labute approximate surface area is 193 Å². The Morgan fingerprint density at radius 2 is 2.03 bits per heavy atom. The van der Waals surface area contributed by atoms with Crippen LogP contribution in [-0.4, -0.2) is 57.5 Å². The lowest BCUT2D eigenvalue weighted by molar-refractivity contribution is -0.142. The third kappa shape index (κ3) is 5.52. The summed E-state index contributed by atoms with van der Waals surface area (Å²) >= 11 is 1.59. The van der Waals surface area contributed by atoms with E-state index in [4.69, 9.17) is 0 Å². The van der Waals surface area contributed by atoms with Crippen molar-refractivity contribution in [3.8, 4) is 10.4 Å². The highest BCUT2D eigenvalue weighted by atomic mass is 32.1. The molecule has 0 bridgehead atoms. The van der Waals surface area contributed by atoms with E-state index in [9.17, 15) is 19.3 Å². The molecule has 1 saturated heterocycles. The first kappa shape index (κ1) is 24.3. The highest BCUT2D eigenvalue weighted by molar-refractivity contribution is 7.52. The van der Waals surface area contributed by atoms with Crippen molar-refractivity contribution < 1.29 is 19.3 Å². The minimum absolute atomic E-state index is 0.127. The molecule has 3 N–H and O–H groups in total. The van der Waals surface area contributed by atoms with Gasteiger partial charge in [0, 0.05) is 20.9 Å². The predicted molar refractivity (Wildman–Crippen MR) is 126 cm³/mol. The Morgan fingerprint density at radius 3 is 2.59 bits per heavy atom. The summed E-state index contributed by atoms with van der Waals surface area (Å²) < 4.78 is 0. The first-order valence-corrected chi connectivity index (χ1v) is 12.9. The number of aryl methyl sites for hydroxylation is 1. The highest BCUT2D eigenvalue weighted by Gasteiger charge is 2.44. The van der Waals surface area contributed by atoms with E-state index in [1.807, 2.05) is 57.5 Å². The molecule has 2 heterocycles. The minimum Gasteiger partial charge on any atom is -0.372 e. The van der Waals surface area contributed by atoms with E-state index >= 15 is 0 Å². The zero-order valence-corrected chi connectivity index (χ0v) is 20.4. The van der Waals surface area contributed by atoms with Crippen molar-refractivity contribution in [2.45, 2.75) is 46.3 Å². The van der Waals surface area contributed by atoms with Gasteiger partial charge in [0.05, 0.1) is 22.4 Å². The average Bonchev–Trinajstić information content (AvgIpc) is 3.35. The fourth-order valence-electron chi connectivity index (χ4n) is 3.66. The number of amides is 3. The van der Waals surface area contributed by atoms with E-state index in [2.05, 4.69) is 15.6 Å². The van der Waals surface area contributed by atoms with Crippen molar-refractivity contribution in [2.24, 2.45) is 5.41 Å². The van der Waals surface area contributed by atoms with E-state index in [-0.39, 0.29) is 24.3 Å². The minimum atomic E-state index is -1.45. The van der Waals surface area contributed by atoms with Gasteiger partial charge in [-0.1, -0.05) is 45.0 Å². The molecule has 3 amide bonds. The summed E-state index contributed by atoms with van der Waals surface area (Å²) in [4.78, 5) is 54.1. The molecule has 0 saturated carbocycles. The SMILES string of the molecule is Cc1ncsc1-c1ccc(CNC(=O)C2CP(O)CN2C(=O)C(NC=O)C(C)(C)C)cc1. The van der Waals surface area contributed by atoms with Crippen molar-refractivity contribution in [3.63, 3.8) is 0 Å². The molecule has 1 aromatic heterocycles. The Hall–Kier alpha value is -2.35. The first-order valence-electron chi connectivity index (χ1n) is 10.3. The molecule has 32 heavy (non-hydrogen) atoms. The lowest BCUT2D eigenvalue weighted by atomic mass is 9.85. The van der Waals surface area contributed by atoms with Gasteiger partial charge in [-0.2, -0.15) is 0 Å². The monoisotopic (exact) mass is 476 g/mol. The second kappa shape index (κ2) is 10.1. The van der Waals surface area contributed by atoms with E-state index in [1.165, 1.54) is 4.90 Å². The molecular formula is C22H29N4O4PS. The van der Waals surface area contributed by atoms with Gasteiger partial charge in [-0.25, -0.2) is 4.98 Å². The van der Waals surface area contributed by atoms with Crippen LogP contribution in [0.15, 0.2) is 29.8 Å². The third-order valence-corrected chi connectivity index (χ3v) is 7.81. The maximum Gasteiger partial charge on any atom is 0.246 e. The van der Waals surface area contributed by atoms with Gasteiger partial charge in [0.25, 0.3) is 0 Å². The number of hydrogen-bond donors (Lipinski definition) is 3. The van der Waals surface area contributed by atoms with Crippen LogP contribution in [0.5, 0.6) is 0 Å². The standard InChI is InChI=1S/C22H29N4O4PS/c1-14-18(32-12-25-14)16-7-5-15(6-8-16)9-23-20(28)17-10-31(30)13-26(17)21(29)19(24-11-27)22(2,3)4/h5-8,11-12,17,19,30H,9-10,13H2,1-4H3,(H,23,28)(H,24,27). The van der Waals surface area contributed by atoms with Gasteiger partial charge in [-0.15, -0.1) is 11.3 Å². The lowest BCUT2D eigenvalue weighted by Crippen LogP contribution is -2.56. The average molecular weight is 477 g/mol. The summed E-state index contributed by atoms with van der Waals surface area (Å²) in [6.45, 7) is 7.82. The molecule has 10 heteroatoms. The van der Waals surface area contributed by atoms with Crippen LogP contribution in [-0.2, 0) is 20.9 Å². The number of carbonyl (C=O) groups excluding carboxylic acids is 3. The molecule has 0 radical (unpaired) electrons. The van der Waals surface area contributed by atoms with Crippen LogP contribution in [0.3, 0.4) is 0 Å². The summed E-state index contributed by atoms with van der Waals surface area (Å²) in [5.74, 6) is -0.661. The Bertz CT molecular complexity index is 973. The first-order chi connectivity index (χ1) is 15.1. The van der Waals surface area contributed by atoms with Gasteiger partial charge >= 0.3 is 0 Å². The van der Waals surface area contributed by atoms with Gasteiger partial charge in [-0.3, -0.25) is 14.4 Å². The second-order valence-electron chi connectivity index (χ2n) is 8.92. The van der Waals surface area contributed by atoms with Crippen LogP contribution in [0, 0.1) is 12.3 Å². The van der Waals surface area contributed by atoms with Crippen molar-refractivity contribution in [2.75, 3.05) is 12.4 Å². The van der Waals surface area contributed by atoms with Gasteiger partial charge in [-0.05, 0) is 23.5 Å². The van der Waals surface area contributed by atoms with Gasteiger partial charge in [0.1, 0.15) is 12.1 Å². The van der Waals surface area contributed by atoms with Crippen LogP contribution >= 0.6 is 19.5 Å². The summed E-state index contributed by atoms with van der Waals surface area (Å²) in [6, 6.07) is 6.37. The molecule has 1 aliphatic heterocycles. The largest absolute Gasteiger partial charge is 0.372 e. The predicted octanol–water partition coefficient (Wildman–Crippen LogP) is 2.45. The molecule has 3 rings (SSSR count). The number of carbonyl (C=O) groups is 3. The zero-order chi connectivity index (χ0) is 23.5. The van der Waals surface area contributed by atoms with Gasteiger partial charge in [0.2, 0.25) is 18.2 Å². The van der Waals surface area contributed by atoms with Crippen LogP contribution in [0.25, 0.3) is 10.4 Å². The molecule has 0 aliphatic carbocycles. The van der Waals surface area contributed by atoms with E-state index in [1.54, 1.807) is 11.3 Å². The smallest absolute Gasteiger partial charge is 0.246 e. The van der Waals surface area contributed by atoms with E-state index in [0.717, 1.165) is 21.7 Å². The Balaban J connectivity index is 1.66. The van der Waals surface area contributed by atoms with Crippen LogP contribution in [0.1, 0.15) is 32.0 Å².